The molecule has 1 aromatic rings. The third-order valence-corrected chi connectivity index (χ3v) is 1.37. The Balaban J connectivity index is 0.00000121. The van der Waals surface area contributed by atoms with E-state index in [0.29, 0.717) is 10.7 Å². The minimum Gasteiger partial charge on any atom is -0.465 e. The largest absolute Gasteiger partial charge is 0.465 e. The average molecular weight is 237 g/mol. The number of ether oxygens (including phenoxy) is 1. The molecule has 0 saturated carbocycles. The fourth-order valence-corrected chi connectivity index (χ4v) is 0.726. The molecule has 0 amide bonds. The van der Waals surface area contributed by atoms with Crippen LogP contribution in [0.1, 0.15) is 10.4 Å². The Hall–Kier alpha value is -0.467. The van der Waals surface area contributed by atoms with Crippen LogP contribution in [0, 0.1) is 0 Å². The molecule has 0 aromatic carbocycles. The van der Waals surface area contributed by atoms with Crippen LogP contribution in [-0.4, -0.2) is 18.1 Å². The van der Waals surface area contributed by atoms with Crippen LogP contribution in [0.3, 0.4) is 0 Å². The van der Waals surface area contributed by atoms with Gasteiger partial charge in [-0.15, -0.1) is 0 Å². The SMILES string of the molecule is COC(=O)c1ccc(Cl)nc1.[Zn]. The zero-order valence-corrected chi connectivity index (χ0v) is 10.3. The van der Waals surface area contributed by atoms with Crippen molar-refractivity contribution in [3.63, 3.8) is 0 Å². The van der Waals surface area contributed by atoms with Crippen molar-refractivity contribution in [2.45, 2.75) is 0 Å². The average Bonchev–Trinajstić information content (AvgIpc) is 2.05. The van der Waals surface area contributed by atoms with E-state index in [4.69, 9.17) is 11.6 Å². The summed E-state index contributed by atoms with van der Waals surface area (Å²) in [4.78, 5) is 14.5. The molecular weight excluding hydrogens is 231 g/mol. The van der Waals surface area contributed by atoms with Crippen LogP contribution in [0.15, 0.2) is 18.3 Å². The van der Waals surface area contributed by atoms with Crippen molar-refractivity contribution >= 4 is 17.6 Å². The van der Waals surface area contributed by atoms with Crippen molar-refractivity contribution in [3.05, 3.63) is 29.0 Å². The van der Waals surface area contributed by atoms with Gasteiger partial charge in [-0.2, -0.15) is 0 Å². The van der Waals surface area contributed by atoms with Crippen LogP contribution < -0.4 is 0 Å². The second kappa shape index (κ2) is 5.23. The fraction of sp³-hybridized carbons (Fsp3) is 0.143. The molecule has 1 heterocycles. The van der Waals surface area contributed by atoms with Gasteiger partial charge in [0.2, 0.25) is 0 Å². The van der Waals surface area contributed by atoms with Gasteiger partial charge in [-0.25, -0.2) is 9.78 Å². The summed E-state index contributed by atoms with van der Waals surface area (Å²) in [5.41, 5.74) is 0.400. The van der Waals surface area contributed by atoms with E-state index in [2.05, 4.69) is 9.72 Å². The van der Waals surface area contributed by atoms with Gasteiger partial charge in [-0.3, -0.25) is 0 Å². The van der Waals surface area contributed by atoms with Gasteiger partial charge in [0.15, 0.2) is 0 Å². The molecule has 0 bridgehead atoms. The summed E-state index contributed by atoms with van der Waals surface area (Å²) < 4.78 is 4.45. The maximum Gasteiger partial charge on any atom is 0.339 e. The van der Waals surface area contributed by atoms with Gasteiger partial charge in [-0.05, 0) is 12.1 Å². The summed E-state index contributed by atoms with van der Waals surface area (Å²) in [6.07, 6.45) is 1.37. The molecule has 60 valence electrons. The Morgan fingerprint density at radius 1 is 1.58 bits per heavy atom. The van der Waals surface area contributed by atoms with Crippen LogP contribution >= 0.6 is 11.6 Å². The first-order valence-electron chi connectivity index (χ1n) is 2.94. The molecule has 0 radical (unpaired) electrons. The van der Waals surface area contributed by atoms with E-state index in [1.165, 1.54) is 19.4 Å². The van der Waals surface area contributed by atoms with Crippen molar-refractivity contribution in [2.24, 2.45) is 0 Å². The summed E-state index contributed by atoms with van der Waals surface area (Å²) in [6, 6.07) is 3.09. The Morgan fingerprint density at radius 2 is 2.25 bits per heavy atom. The Bertz CT molecular complexity index is 263. The van der Waals surface area contributed by atoms with Crippen LogP contribution in [-0.2, 0) is 24.2 Å². The van der Waals surface area contributed by atoms with E-state index in [0.717, 1.165) is 0 Å². The molecule has 0 saturated heterocycles. The third kappa shape index (κ3) is 2.88. The Morgan fingerprint density at radius 3 is 2.67 bits per heavy atom. The molecule has 0 unspecified atom stereocenters. The molecule has 0 aliphatic rings. The zero-order valence-electron chi connectivity index (χ0n) is 6.58. The van der Waals surface area contributed by atoms with Crippen molar-refractivity contribution in [3.8, 4) is 0 Å². The molecule has 3 nitrogen and oxygen atoms in total. The molecule has 0 aliphatic heterocycles. The number of carbonyl (C=O) groups is 1. The van der Waals surface area contributed by atoms with E-state index in [-0.39, 0.29) is 19.5 Å². The first kappa shape index (κ1) is 11.5. The van der Waals surface area contributed by atoms with Crippen LogP contribution in [0.2, 0.25) is 5.15 Å². The summed E-state index contributed by atoms with van der Waals surface area (Å²) in [5, 5.41) is 0.359. The molecule has 5 heteroatoms. The summed E-state index contributed by atoms with van der Waals surface area (Å²) in [6.45, 7) is 0. The van der Waals surface area contributed by atoms with Crippen LogP contribution in [0.5, 0.6) is 0 Å². The van der Waals surface area contributed by atoms with E-state index in [9.17, 15) is 4.79 Å². The minimum absolute atomic E-state index is 0. The number of carbonyl (C=O) groups excluding carboxylic acids is 1. The van der Waals surface area contributed by atoms with Crippen molar-refractivity contribution in [1.29, 1.82) is 0 Å². The van der Waals surface area contributed by atoms with Crippen LogP contribution in [0.4, 0.5) is 0 Å². The molecule has 0 N–H and O–H groups in total. The van der Waals surface area contributed by atoms with Crippen molar-refractivity contribution in [2.75, 3.05) is 7.11 Å². The molecule has 12 heavy (non-hydrogen) atoms. The second-order valence-corrected chi connectivity index (χ2v) is 2.25. The van der Waals surface area contributed by atoms with E-state index in [1.54, 1.807) is 6.07 Å². The van der Waals surface area contributed by atoms with E-state index >= 15 is 0 Å². The van der Waals surface area contributed by atoms with Crippen molar-refractivity contribution < 1.29 is 29.0 Å². The zero-order chi connectivity index (χ0) is 8.27. The second-order valence-electron chi connectivity index (χ2n) is 1.86. The Labute approximate surface area is 87.8 Å². The molecular formula is C7H6ClNO2Zn. The third-order valence-electron chi connectivity index (χ3n) is 1.15. The smallest absolute Gasteiger partial charge is 0.339 e. The van der Waals surface area contributed by atoms with Gasteiger partial charge in [0, 0.05) is 25.7 Å². The number of esters is 1. The quantitative estimate of drug-likeness (QED) is 0.422. The number of aromatic nitrogens is 1. The van der Waals surface area contributed by atoms with Gasteiger partial charge in [0.25, 0.3) is 0 Å². The standard InChI is InChI=1S/C7H6ClNO2.Zn/c1-11-7(10)5-2-3-6(8)9-4-5;/h2-4H,1H3;. The molecule has 0 aliphatic carbocycles. The number of methoxy groups -OCH3 is 1. The number of hydrogen-bond donors (Lipinski definition) is 0. The van der Waals surface area contributed by atoms with Crippen molar-refractivity contribution in [1.82, 2.24) is 4.98 Å². The molecule has 0 fully saturated rings. The first-order valence-corrected chi connectivity index (χ1v) is 3.31. The molecule has 1 aromatic heterocycles. The maximum absolute atomic E-state index is 10.8. The van der Waals surface area contributed by atoms with Gasteiger partial charge >= 0.3 is 5.97 Å². The number of rotatable bonds is 1. The van der Waals surface area contributed by atoms with Crippen LogP contribution in [0.25, 0.3) is 0 Å². The molecule has 0 spiro atoms. The van der Waals surface area contributed by atoms with Gasteiger partial charge in [0.05, 0.1) is 12.7 Å². The number of pyridine rings is 1. The summed E-state index contributed by atoms with van der Waals surface area (Å²) in [5.74, 6) is -0.408. The molecule has 1 rings (SSSR count). The van der Waals surface area contributed by atoms with Gasteiger partial charge < -0.3 is 4.74 Å². The first-order chi connectivity index (χ1) is 5.24. The summed E-state index contributed by atoms with van der Waals surface area (Å²) in [7, 11) is 1.32. The number of nitrogens with zero attached hydrogens (tertiary/aromatic N) is 1. The van der Waals surface area contributed by atoms with Gasteiger partial charge in [-0.1, -0.05) is 11.6 Å². The Kier molecular flexibility index (Phi) is 5.02. The van der Waals surface area contributed by atoms with E-state index < -0.39 is 5.97 Å². The fourth-order valence-electron chi connectivity index (χ4n) is 0.614. The predicted octanol–water partition coefficient (Wildman–Crippen LogP) is 1.52. The topological polar surface area (TPSA) is 39.2 Å². The maximum atomic E-state index is 10.8. The monoisotopic (exact) mass is 235 g/mol. The normalized spacial score (nSPS) is 8.50. The summed E-state index contributed by atoms with van der Waals surface area (Å²) >= 11 is 5.50. The minimum atomic E-state index is -0.408. The number of halogens is 1. The number of hydrogen-bond acceptors (Lipinski definition) is 3. The van der Waals surface area contributed by atoms with Gasteiger partial charge in [0.1, 0.15) is 5.15 Å². The predicted molar refractivity (Wildman–Crippen MR) is 40.6 cm³/mol. The molecule has 0 atom stereocenters. The van der Waals surface area contributed by atoms with E-state index in [1.807, 2.05) is 0 Å².